The van der Waals surface area contributed by atoms with Gasteiger partial charge in [0.25, 0.3) is 5.71 Å². The Labute approximate surface area is 158 Å². The van der Waals surface area contributed by atoms with Gasteiger partial charge in [-0.1, -0.05) is 35.5 Å². The molecule has 4 rings (SSSR count). The third-order valence-electron chi connectivity index (χ3n) is 5.32. The second-order valence-electron chi connectivity index (χ2n) is 7.22. The van der Waals surface area contributed by atoms with Crippen molar-refractivity contribution in [1.29, 1.82) is 0 Å². The monoisotopic (exact) mass is 367 g/mol. The van der Waals surface area contributed by atoms with Gasteiger partial charge in [0.15, 0.2) is 0 Å². The maximum absolute atomic E-state index is 10.4. The predicted molar refractivity (Wildman–Crippen MR) is 103 cm³/mol. The van der Waals surface area contributed by atoms with E-state index in [-0.39, 0.29) is 0 Å². The Morgan fingerprint density at radius 1 is 1.22 bits per heavy atom. The van der Waals surface area contributed by atoms with E-state index < -0.39 is 6.10 Å². The molecule has 1 atom stereocenters. The molecule has 0 bridgehead atoms. The summed E-state index contributed by atoms with van der Waals surface area (Å²) in [6.07, 6.45) is 3.28. The minimum atomic E-state index is -0.424. The number of aromatic nitrogens is 3. The van der Waals surface area contributed by atoms with Crippen LogP contribution in [0.25, 0.3) is 11.1 Å². The summed E-state index contributed by atoms with van der Waals surface area (Å²) in [7, 11) is 0. The molecule has 1 aliphatic heterocycles. The summed E-state index contributed by atoms with van der Waals surface area (Å²) < 4.78 is 5.20. The largest absolute Gasteiger partial charge is 0.387 e. The third kappa shape index (κ3) is 4.09. The fourth-order valence-electron chi connectivity index (χ4n) is 3.70. The molecule has 2 N–H and O–H groups in total. The van der Waals surface area contributed by atoms with Crippen molar-refractivity contribution in [3.63, 3.8) is 0 Å². The van der Waals surface area contributed by atoms with Crippen LogP contribution in [0.1, 0.15) is 30.2 Å². The average molecular weight is 367 g/mol. The molecule has 7 nitrogen and oxygen atoms in total. The van der Waals surface area contributed by atoms with Crippen molar-refractivity contribution in [3.8, 4) is 0 Å². The van der Waals surface area contributed by atoms with Crippen molar-refractivity contribution in [2.75, 3.05) is 31.5 Å². The van der Waals surface area contributed by atoms with Gasteiger partial charge in [0, 0.05) is 13.1 Å². The van der Waals surface area contributed by atoms with Gasteiger partial charge in [0.1, 0.15) is 17.5 Å². The average Bonchev–Trinajstić information content (AvgIpc) is 3.10. The van der Waals surface area contributed by atoms with Crippen LogP contribution < -0.4 is 5.32 Å². The first-order chi connectivity index (χ1) is 13.2. The number of aryl methyl sites for hydroxylation is 1. The van der Waals surface area contributed by atoms with Crippen molar-refractivity contribution in [2.45, 2.75) is 25.9 Å². The van der Waals surface area contributed by atoms with Gasteiger partial charge in [0.05, 0.1) is 11.8 Å². The molecular formula is C20H25N5O2. The Kier molecular flexibility index (Phi) is 5.31. The summed E-state index contributed by atoms with van der Waals surface area (Å²) in [6, 6.07) is 9.88. The summed E-state index contributed by atoms with van der Waals surface area (Å²) >= 11 is 0. The molecule has 1 fully saturated rings. The fourth-order valence-corrected chi connectivity index (χ4v) is 3.70. The van der Waals surface area contributed by atoms with Crippen molar-refractivity contribution in [3.05, 3.63) is 47.9 Å². The lowest BCUT2D eigenvalue weighted by Crippen LogP contribution is -2.38. The number of nitrogens with zero attached hydrogens (tertiary/aromatic N) is 4. The number of hydrogen-bond donors (Lipinski definition) is 2. The van der Waals surface area contributed by atoms with Crippen LogP contribution in [0, 0.1) is 12.8 Å². The van der Waals surface area contributed by atoms with E-state index in [0.29, 0.717) is 18.2 Å². The summed E-state index contributed by atoms with van der Waals surface area (Å²) in [5.74, 6) is 1.38. The maximum atomic E-state index is 10.4. The molecule has 0 aliphatic carbocycles. The highest BCUT2D eigenvalue weighted by Crippen LogP contribution is 2.25. The SMILES string of the molecule is Cc1noc2ncnc(NCC3CCN(CC(O)c4ccccc4)CC3)c12. The van der Waals surface area contributed by atoms with E-state index in [4.69, 9.17) is 4.52 Å². The molecule has 3 heterocycles. The Hall–Kier alpha value is -2.51. The normalized spacial score (nSPS) is 17.3. The van der Waals surface area contributed by atoms with Gasteiger partial charge >= 0.3 is 0 Å². The minimum Gasteiger partial charge on any atom is -0.387 e. The van der Waals surface area contributed by atoms with Crippen molar-refractivity contribution in [1.82, 2.24) is 20.0 Å². The lowest BCUT2D eigenvalue weighted by molar-refractivity contribution is 0.0909. The number of likely N-dealkylation sites (tertiary alicyclic amines) is 1. The molecule has 1 unspecified atom stereocenters. The molecule has 0 saturated carbocycles. The topological polar surface area (TPSA) is 87.3 Å². The van der Waals surface area contributed by atoms with E-state index in [1.54, 1.807) is 0 Å². The number of hydrogen-bond acceptors (Lipinski definition) is 7. The Bertz CT molecular complexity index is 874. The molecule has 7 heteroatoms. The Morgan fingerprint density at radius 3 is 2.78 bits per heavy atom. The van der Waals surface area contributed by atoms with Gasteiger partial charge in [-0.15, -0.1) is 0 Å². The van der Waals surface area contributed by atoms with Crippen LogP contribution in [-0.4, -0.2) is 51.3 Å². The molecule has 1 aromatic carbocycles. The molecule has 0 spiro atoms. The van der Waals surface area contributed by atoms with E-state index in [2.05, 4.69) is 25.3 Å². The molecule has 0 amide bonds. The molecule has 1 saturated heterocycles. The van der Waals surface area contributed by atoms with Crippen molar-refractivity contribution >= 4 is 16.9 Å². The van der Waals surface area contributed by atoms with E-state index >= 15 is 0 Å². The molecule has 2 aromatic heterocycles. The first kappa shape index (κ1) is 17.9. The van der Waals surface area contributed by atoms with Gasteiger partial charge in [-0.2, -0.15) is 4.98 Å². The predicted octanol–water partition coefficient (Wildman–Crippen LogP) is 2.78. The quantitative estimate of drug-likeness (QED) is 0.693. The van der Waals surface area contributed by atoms with Crippen molar-refractivity contribution in [2.24, 2.45) is 5.92 Å². The van der Waals surface area contributed by atoms with Crippen LogP contribution >= 0.6 is 0 Å². The summed E-state index contributed by atoms with van der Waals surface area (Å²) in [4.78, 5) is 10.8. The summed E-state index contributed by atoms with van der Waals surface area (Å²) in [5.41, 5.74) is 2.31. The number of fused-ring (bicyclic) bond motifs is 1. The van der Waals surface area contributed by atoms with E-state index in [1.165, 1.54) is 6.33 Å². The first-order valence-corrected chi connectivity index (χ1v) is 9.47. The fraction of sp³-hybridized carbons (Fsp3) is 0.450. The van der Waals surface area contributed by atoms with Gasteiger partial charge in [-0.05, 0) is 44.3 Å². The molecule has 1 aliphatic rings. The maximum Gasteiger partial charge on any atom is 0.263 e. The lowest BCUT2D eigenvalue weighted by atomic mass is 9.96. The molecule has 27 heavy (non-hydrogen) atoms. The first-order valence-electron chi connectivity index (χ1n) is 9.47. The number of β-amino-alcohol motifs (C(OH)–C–C–N with tert-alkyl or cyclic N) is 1. The summed E-state index contributed by atoms with van der Waals surface area (Å²) in [6.45, 7) is 5.46. The van der Waals surface area contributed by atoms with Crippen LogP contribution in [0.3, 0.4) is 0 Å². The second kappa shape index (κ2) is 8.02. The second-order valence-corrected chi connectivity index (χ2v) is 7.22. The van der Waals surface area contributed by atoms with E-state index in [9.17, 15) is 5.11 Å². The summed E-state index contributed by atoms with van der Waals surface area (Å²) in [5, 5.41) is 18.7. The zero-order chi connectivity index (χ0) is 18.6. The number of benzene rings is 1. The highest BCUT2D eigenvalue weighted by molar-refractivity contribution is 5.87. The van der Waals surface area contributed by atoms with Crippen LogP contribution in [0.4, 0.5) is 5.82 Å². The van der Waals surface area contributed by atoms with Crippen LogP contribution in [0.2, 0.25) is 0 Å². The van der Waals surface area contributed by atoms with Gasteiger partial charge in [-0.3, -0.25) is 0 Å². The van der Waals surface area contributed by atoms with E-state index in [0.717, 1.165) is 54.9 Å². The van der Waals surface area contributed by atoms with Crippen molar-refractivity contribution < 1.29 is 9.63 Å². The standard InChI is InChI=1S/C20H25N5O2/c1-14-18-19(22-13-23-20(18)27-24-14)21-11-15-7-9-25(10-8-15)12-17(26)16-5-3-2-4-6-16/h2-6,13,15,17,26H,7-12H2,1H3,(H,21,22,23). The van der Waals surface area contributed by atoms with Gasteiger partial charge < -0.3 is 19.8 Å². The lowest BCUT2D eigenvalue weighted by Gasteiger charge is -2.33. The number of rotatable bonds is 6. The van der Waals surface area contributed by atoms with Crippen LogP contribution in [0.5, 0.6) is 0 Å². The van der Waals surface area contributed by atoms with Crippen LogP contribution in [-0.2, 0) is 0 Å². The number of aliphatic hydroxyl groups excluding tert-OH is 1. The van der Waals surface area contributed by atoms with Gasteiger partial charge in [0.2, 0.25) is 0 Å². The third-order valence-corrected chi connectivity index (χ3v) is 5.32. The molecule has 3 aromatic rings. The molecular weight excluding hydrogens is 342 g/mol. The number of aliphatic hydroxyl groups is 1. The number of anilines is 1. The van der Waals surface area contributed by atoms with Crippen LogP contribution in [0.15, 0.2) is 41.2 Å². The minimum absolute atomic E-state index is 0.424. The number of piperidine rings is 1. The molecule has 142 valence electrons. The zero-order valence-corrected chi connectivity index (χ0v) is 15.5. The zero-order valence-electron chi connectivity index (χ0n) is 15.5. The highest BCUT2D eigenvalue weighted by Gasteiger charge is 2.22. The molecule has 0 radical (unpaired) electrons. The Morgan fingerprint density at radius 2 is 2.00 bits per heavy atom. The van der Waals surface area contributed by atoms with Gasteiger partial charge in [-0.25, -0.2) is 4.98 Å². The highest BCUT2D eigenvalue weighted by atomic mass is 16.5. The number of nitrogens with one attached hydrogen (secondary N) is 1. The van der Waals surface area contributed by atoms with E-state index in [1.807, 2.05) is 37.3 Å². The smallest absolute Gasteiger partial charge is 0.263 e. The Balaban J connectivity index is 1.28.